The normalized spacial score (nSPS) is 12.8. The van der Waals surface area contributed by atoms with Crippen molar-refractivity contribution < 1.29 is 23.7 Å². The predicted molar refractivity (Wildman–Crippen MR) is 119 cm³/mol. The Morgan fingerprint density at radius 1 is 1.09 bits per heavy atom. The summed E-state index contributed by atoms with van der Waals surface area (Å²) in [7, 11) is 1.53. The molecule has 0 saturated heterocycles. The molecule has 1 aliphatic heterocycles. The second-order valence-electron chi connectivity index (χ2n) is 7.19. The molecule has 2 aromatic heterocycles. The molecule has 0 aliphatic carbocycles. The molecule has 32 heavy (non-hydrogen) atoms. The van der Waals surface area contributed by atoms with Crippen molar-refractivity contribution in [3.05, 3.63) is 66.5 Å². The number of nitrogens with one attached hydrogen (secondary N) is 2. The van der Waals surface area contributed by atoms with E-state index in [1.165, 1.54) is 7.11 Å². The van der Waals surface area contributed by atoms with E-state index in [9.17, 15) is 4.79 Å². The van der Waals surface area contributed by atoms with Gasteiger partial charge in [-0.1, -0.05) is 6.07 Å². The summed E-state index contributed by atoms with van der Waals surface area (Å²) < 4.78 is 22.7. The van der Waals surface area contributed by atoms with Crippen molar-refractivity contribution in [3.63, 3.8) is 0 Å². The van der Waals surface area contributed by atoms with Gasteiger partial charge < -0.3 is 29.2 Å². The number of methoxy groups -OCH3 is 1. The Balaban J connectivity index is 1.32. The quantitative estimate of drug-likeness (QED) is 0.472. The van der Waals surface area contributed by atoms with Crippen molar-refractivity contribution in [2.24, 2.45) is 0 Å². The number of hydrogen-bond donors (Lipinski definition) is 2. The number of carbonyl (C=O) groups is 1. The van der Waals surface area contributed by atoms with Crippen LogP contribution in [-0.4, -0.2) is 36.2 Å². The summed E-state index contributed by atoms with van der Waals surface area (Å²) in [6.45, 7) is 1.05. The number of pyridine rings is 1. The van der Waals surface area contributed by atoms with Gasteiger partial charge in [-0.3, -0.25) is 4.79 Å². The standard InChI is InChI=1S/C24H21N3O5/c1-29-20-12-15(13-21-23(20)31-11-3-10-30-21)24(28)27-16-6-7-22(26-14-16)32-19-5-2-4-18-17(19)8-9-25-18/h2,4-9,12-14,25H,3,10-11H2,1H3,(H,27,28). The van der Waals surface area contributed by atoms with Crippen LogP contribution in [0.4, 0.5) is 5.69 Å². The third-order valence-electron chi connectivity index (χ3n) is 5.06. The lowest BCUT2D eigenvalue weighted by molar-refractivity contribution is 0.102. The van der Waals surface area contributed by atoms with Crippen molar-refractivity contribution in [2.75, 3.05) is 25.6 Å². The summed E-state index contributed by atoms with van der Waals surface area (Å²) in [5, 5.41) is 3.80. The average molecular weight is 431 g/mol. The maximum atomic E-state index is 12.8. The van der Waals surface area contributed by atoms with Crippen molar-refractivity contribution >= 4 is 22.5 Å². The minimum Gasteiger partial charge on any atom is -0.493 e. The highest BCUT2D eigenvalue weighted by atomic mass is 16.5. The maximum absolute atomic E-state index is 12.8. The van der Waals surface area contributed by atoms with Crippen molar-refractivity contribution in [2.45, 2.75) is 6.42 Å². The number of benzene rings is 2. The van der Waals surface area contributed by atoms with Gasteiger partial charge in [-0.05, 0) is 36.4 Å². The van der Waals surface area contributed by atoms with E-state index in [0.717, 1.165) is 17.3 Å². The van der Waals surface area contributed by atoms with E-state index in [2.05, 4.69) is 15.3 Å². The van der Waals surface area contributed by atoms with Crippen LogP contribution < -0.4 is 24.3 Å². The fraction of sp³-hybridized carbons (Fsp3) is 0.167. The van der Waals surface area contributed by atoms with Crippen LogP contribution in [0.25, 0.3) is 10.9 Å². The summed E-state index contributed by atoms with van der Waals surface area (Å²) >= 11 is 0. The Morgan fingerprint density at radius 2 is 2.00 bits per heavy atom. The first-order chi connectivity index (χ1) is 15.7. The van der Waals surface area contributed by atoms with E-state index in [1.807, 2.05) is 30.5 Å². The fourth-order valence-electron chi connectivity index (χ4n) is 3.50. The van der Waals surface area contributed by atoms with Gasteiger partial charge in [0.2, 0.25) is 11.6 Å². The van der Waals surface area contributed by atoms with Crippen LogP contribution in [-0.2, 0) is 0 Å². The van der Waals surface area contributed by atoms with Crippen molar-refractivity contribution in [3.8, 4) is 28.9 Å². The molecule has 0 spiro atoms. The van der Waals surface area contributed by atoms with E-state index < -0.39 is 0 Å². The summed E-state index contributed by atoms with van der Waals surface area (Å²) in [6.07, 6.45) is 4.17. The van der Waals surface area contributed by atoms with Crippen LogP contribution in [0.3, 0.4) is 0 Å². The number of amides is 1. The topological polar surface area (TPSA) is 94.7 Å². The molecule has 1 amide bonds. The summed E-state index contributed by atoms with van der Waals surface area (Å²) in [5.74, 6) is 2.28. The van der Waals surface area contributed by atoms with Crippen LogP contribution in [0.15, 0.2) is 60.9 Å². The van der Waals surface area contributed by atoms with Gasteiger partial charge in [-0.2, -0.15) is 0 Å². The number of fused-ring (bicyclic) bond motifs is 2. The molecule has 8 heteroatoms. The number of rotatable bonds is 5. The van der Waals surface area contributed by atoms with E-state index in [0.29, 0.717) is 53.3 Å². The molecule has 0 saturated carbocycles. The number of H-pyrrole nitrogens is 1. The van der Waals surface area contributed by atoms with Gasteiger partial charge in [0, 0.05) is 35.2 Å². The van der Waals surface area contributed by atoms with Crippen molar-refractivity contribution in [1.82, 2.24) is 9.97 Å². The molecule has 4 aromatic rings. The highest BCUT2D eigenvalue weighted by Gasteiger charge is 2.20. The van der Waals surface area contributed by atoms with Crippen LogP contribution in [0.5, 0.6) is 28.9 Å². The first kappa shape index (κ1) is 19.7. The van der Waals surface area contributed by atoms with Gasteiger partial charge in [-0.15, -0.1) is 0 Å². The average Bonchev–Trinajstić information content (AvgIpc) is 3.18. The molecule has 1 aliphatic rings. The number of aromatic amines is 1. The van der Waals surface area contributed by atoms with Crippen molar-refractivity contribution in [1.29, 1.82) is 0 Å². The second kappa shape index (κ2) is 8.50. The van der Waals surface area contributed by atoms with E-state index in [-0.39, 0.29) is 5.91 Å². The third-order valence-corrected chi connectivity index (χ3v) is 5.06. The van der Waals surface area contributed by atoms with Crippen LogP contribution in [0.2, 0.25) is 0 Å². The Bertz CT molecular complexity index is 1270. The Morgan fingerprint density at radius 3 is 2.84 bits per heavy atom. The number of aromatic nitrogens is 2. The number of hydrogen-bond acceptors (Lipinski definition) is 6. The molecular weight excluding hydrogens is 410 g/mol. The lowest BCUT2D eigenvalue weighted by atomic mass is 10.1. The van der Waals surface area contributed by atoms with Gasteiger partial charge in [0.15, 0.2) is 11.5 Å². The minimum atomic E-state index is -0.313. The zero-order chi connectivity index (χ0) is 21.9. The minimum absolute atomic E-state index is 0.313. The van der Waals surface area contributed by atoms with Crippen LogP contribution >= 0.6 is 0 Å². The molecule has 0 unspecified atom stereocenters. The smallest absolute Gasteiger partial charge is 0.255 e. The number of anilines is 1. The lowest BCUT2D eigenvalue weighted by Gasteiger charge is -2.14. The van der Waals surface area contributed by atoms with Crippen LogP contribution in [0, 0.1) is 0 Å². The Labute approximate surface area is 184 Å². The molecule has 0 radical (unpaired) electrons. The molecule has 3 heterocycles. The summed E-state index contributed by atoms with van der Waals surface area (Å²) in [4.78, 5) is 20.3. The molecule has 5 rings (SSSR count). The molecule has 8 nitrogen and oxygen atoms in total. The second-order valence-corrected chi connectivity index (χ2v) is 7.19. The first-order valence-electron chi connectivity index (χ1n) is 10.2. The highest BCUT2D eigenvalue weighted by Crippen LogP contribution is 2.40. The number of nitrogens with zero attached hydrogens (tertiary/aromatic N) is 1. The maximum Gasteiger partial charge on any atom is 0.255 e. The number of ether oxygens (including phenoxy) is 4. The first-order valence-corrected chi connectivity index (χ1v) is 10.2. The van der Waals surface area contributed by atoms with Gasteiger partial charge in [0.25, 0.3) is 5.91 Å². The lowest BCUT2D eigenvalue weighted by Crippen LogP contribution is -2.12. The monoisotopic (exact) mass is 431 g/mol. The van der Waals surface area contributed by atoms with Gasteiger partial charge in [0.1, 0.15) is 5.75 Å². The molecule has 0 bridgehead atoms. The van der Waals surface area contributed by atoms with Crippen LogP contribution in [0.1, 0.15) is 16.8 Å². The zero-order valence-corrected chi connectivity index (χ0v) is 17.4. The Hall–Kier alpha value is -4.20. The summed E-state index contributed by atoms with van der Waals surface area (Å²) in [5.41, 5.74) is 1.91. The molecule has 0 atom stereocenters. The van der Waals surface area contributed by atoms with E-state index >= 15 is 0 Å². The van der Waals surface area contributed by atoms with Gasteiger partial charge in [0.05, 0.1) is 32.2 Å². The molecule has 0 fully saturated rings. The highest BCUT2D eigenvalue weighted by molar-refractivity contribution is 6.05. The SMILES string of the molecule is COc1cc(C(=O)Nc2ccc(Oc3cccc4[nH]ccc34)nc2)cc2c1OCCCO2. The van der Waals surface area contributed by atoms with Gasteiger partial charge >= 0.3 is 0 Å². The Kier molecular flexibility index (Phi) is 5.25. The van der Waals surface area contributed by atoms with E-state index in [4.69, 9.17) is 18.9 Å². The molecule has 162 valence electrons. The largest absolute Gasteiger partial charge is 0.493 e. The summed E-state index contributed by atoms with van der Waals surface area (Å²) in [6, 6.07) is 14.4. The molecular formula is C24H21N3O5. The van der Waals surface area contributed by atoms with E-state index in [1.54, 1.807) is 30.5 Å². The molecule has 2 aromatic carbocycles. The number of carbonyl (C=O) groups excluding carboxylic acids is 1. The third kappa shape index (κ3) is 3.90. The predicted octanol–water partition coefficient (Wildman–Crippen LogP) is 4.78. The molecule has 2 N–H and O–H groups in total. The zero-order valence-electron chi connectivity index (χ0n) is 17.4. The fourth-order valence-corrected chi connectivity index (χ4v) is 3.50. The van der Waals surface area contributed by atoms with Gasteiger partial charge in [-0.25, -0.2) is 4.98 Å².